The molecule has 1 N–H and O–H groups in total. The fourth-order valence-corrected chi connectivity index (χ4v) is 1.68. The number of carbonyl (C=O) groups is 1. The number of alkyl halides is 1. The Labute approximate surface area is 118 Å². The average molecular weight is 313 g/mol. The van der Waals surface area contributed by atoms with Gasteiger partial charge in [0.2, 0.25) is 5.91 Å². The minimum Gasteiger partial charge on any atom is -0.375 e. The Morgan fingerprint density at radius 2 is 1.94 bits per heavy atom. The van der Waals surface area contributed by atoms with Gasteiger partial charge < -0.3 is 10.2 Å². The first-order valence-electron chi connectivity index (χ1n) is 6.14. The van der Waals surface area contributed by atoms with Crippen molar-refractivity contribution in [2.24, 2.45) is 0 Å². The van der Waals surface area contributed by atoms with Crippen molar-refractivity contribution in [3.8, 4) is 0 Å². The van der Waals surface area contributed by atoms with Crippen LogP contribution in [-0.2, 0) is 4.79 Å². The van der Waals surface area contributed by atoms with Crippen molar-refractivity contribution < 1.29 is 4.79 Å². The maximum atomic E-state index is 11.6. The lowest BCUT2D eigenvalue weighted by molar-refractivity contribution is -0.122. The number of anilines is 1. The van der Waals surface area contributed by atoms with Crippen LogP contribution in [0.3, 0.4) is 0 Å². The van der Waals surface area contributed by atoms with E-state index < -0.39 is 4.32 Å². The average Bonchev–Trinajstić information content (AvgIpc) is 2.34. The lowest BCUT2D eigenvalue weighted by atomic mass is 10.2. The molecule has 0 atom stereocenters. The summed E-state index contributed by atoms with van der Waals surface area (Å²) in [5.74, 6) is 0.0323. The van der Waals surface area contributed by atoms with Gasteiger partial charge >= 0.3 is 0 Å². The lowest BCUT2D eigenvalue weighted by Gasteiger charge is -2.20. The van der Waals surface area contributed by atoms with E-state index in [2.05, 4.69) is 45.3 Å². The molecule has 1 aromatic rings. The van der Waals surface area contributed by atoms with Crippen molar-refractivity contribution in [1.82, 2.24) is 5.32 Å². The molecule has 0 spiro atoms. The van der Waals surface area contributed by atoms with E-state index >= 15 is 0 Å². The number of halogens is 1. The van der Waals surface area contributed by atoms with Gasteiger partial charge in [0.25, 0.3) is 0 Å². The molecule has 4 heteroatoms. The number of nitrogens with zero attached hydrogens (tertiary/aromatic N) is 1. The zero-order valence-corrected chi connectivity index (χ0v) is 12.8. The largest absolute Gasteiger partial charge is 0.375 e. The van der Waals surface area contributed by atoms with E-state index in [9.17, 15) is 4.79 Å². The van der Waals surface area contributed by atoms with Crippen molar-refractivity contribution in [2.45, 2.75) is 24.6 Å². The van der Waals surface area contributed by atoms with Crippen LogP contribution in [0.5, 0.6) is 0 Å². The standard InChI is InChI=1S/C14H21BrN2O/c1-14(2,15)13(18)16-10-7-11-17(3)12-8-5-4-6-9-12/h4-6,8-9H,7,10-11H2,1-3H3,(H,16,18). The van der Waals surface area contributed by atoms with Crippen molar-refractivity contribution in [1.29, 1.82) is 0 Å². The number of hydrogen-bond donors (Lipinski definition) is 1. The zero-order chi connectivity index (χ0) is 13.6. The summed E-state index contributed by atoms with van der Waals surface area (Å²) in [5, 5.41) is 2.92. The van der Waals surface area contributed by atoms with E-state index in [1.54, 1.807) is 0 Å². The van der Waals surface area contributed by atoms with Crippen molar-refractivity contribution in [2.75, 3.05) is 25.0 Å². The van der Waals surface area contributed by atoms with Crippen LogP contribution in [0.2, 0.25) is 0 Å². The Morgan fingerprint density at radius 1 is 1.33 bits per heavy atom. The zero-order valence-electron chi connectivity index (χ0n) is 11.2. The van der Waals surface area contributed by atoms with E-state index in [0.717, 1.165) is 13.0 Å². The van der Waals surface area contributed by atoms with E-state index in [-0.39, 0.29) is 5.91 Å². The fraction of sp³-hybridized carbons (Fsp3) is 0.500. The number of benzene rings is 1. The van der Waals surface area contributed by atoms with Gasteiger partial charge in [-0.25, -0.2) is 0 Å². The van der Waals surface area contributed by atoms with Crippen LogP contribution in [0.25, 0.3) is 0 Å². The summed E-state index contributed by atoms with van der Waals surface area (Å²) < 4.78 is -0.488. The Hall–Kier alpha value is -1.03. The first kappa shape index (κ1) is 15.0. The summed E-state index contributed by atoms with van der Waals surface area (Å²) in [7, 11) is 2.06. The molecule has 1 aromatic carbocycles. The summed E-state index contributed by atoms with van der Waals surface area (Å²) in [6.45, 7) is 5.31. The fourth-order valence-electron chi connectivity index (χ4n) is 1.54. The summed E-state index contributed by atoms with van der Waals surface area (Å²) in [6.07, 6.45) is 0.931. The van der Waals surface area contributed by atoms with Crippen LogP contribution >= 0.6 is 15.9 Å². The highest BCUT2D eigenvalue weighted by Gasteiger charge is 2.22. The molecule has 0 saturated heterocycles. The Morgan fingerprint density at radius 3 is 2.50 bits per heavy atom. The highest BCUT2D eigenvalue weighted by molar-refractivity contribution is 9.10. The van der Waals surface area contributed by atoms with Crippen LogP contribution in [0, 0.1) is 0 Å². The molecule has 3 nitrogen and oxygen atoms in total. The van der Waals surface area contributed by atoms with Crippen LogP contribution in [0.15, 0.2) is 30.3 Å². The molecule has 0 fully saturated rings. The second-order valence-corrected chi connectivity index (χ2v) is 6.82. The third-order valence-corrected chi connectivity index (χ3v) is 3.05. The maximum absolute atomic E-state index is 11.6. The molecule has 0 aliphatic carbocycles. The third kappa shape index (κ3) is 5.08. The second kappa shape index (κ2) is 6.78. The predicted octanol–water partition coefficient (Wildman–Crippen LogP) is 2.80. The molecule has 0 heterocycles. The molecule has 1 amide bonds. The molecule has 100 valence electrons. The normalized spacial score (nSPS) is 11.1. The van der Waals surface area contributed by atoms with Crippen LogP contribution in [0.4, 0.5) is 5.69 Å². The first-order chi connectivity index (χ1) is 8.41. The monoisotopic (exact) mass is 312 g/mol. The molecule has 1 rings (SSSR count). The predicted molar refractivity (Wildman–Crippen MR) is 80.3 cm³/mol. The van der Waals surface area contributed by atoms with Gasteiger partial charge in [-0.3, -0.25) is 4.79 Å². The highest BCUT2D eigenvalue weighted by Crippen LogP contribution is 2.15. The number of amides is 1. The van der Waals surface area contributed by atoms with E-state index in [4.69, 9.17) is 0 Å². The lowest BCUT2D eigenvalue weighted by Crippen LogP contribution is -2.38. The van der Waals surface area contributed by atoms with Crippen LogP contribution in [-0.4, -0.2) is 30.4 Å². The number of carbonyl (C=O) groups excluding carboxylic acids is 1. The third-order valence-electron chi connectivity index (χ3n) is 2.69. The molecule has 0 bridgehead atoms. The molecule has 0 aliphatic heterocycles. The number of para-hydroxylation sites is 1. The molecular weight excluding hydrogens is 292 g/mol. The molecule has 0 saturated carbocycles. The number of nitrogens with one attached hydrogen (secondary N) is 1. The van der Waals surface area contributed by atoms with Crippen LogP contribution < -0.4 is 10.2 Å². The quantitative estimate of drug-likeness (QED) is 0.647. The Bertz CT molecular complexity index is 373. The van der Waals surface area contributed by atoms with Gasteiger partial charge in [-0.15, -0.1) is 0 Å². The first-order valence-corrected chi connectivity index (χ1v) is 6.94. The maximum Gasteiger partial charge on any atom is 0.236 e. The molecule has 18 heavy (non-hydrogen) atoms. The second-order valence-electron chi connectivity index (χ2n) is 4.84. The molecular formula is C14H21BrN2O. The topological polar surface area (TPSA) is 32.3 Å². The minimum atomic E-state index is -0.488. The van der Waals surface area contributed by atoms with Gasteiger partial charge in [-0.2, -0.15) is 0 Å². The molecule has 0 aliphatic rings. The smallest absolute Gasteiger partial charge is 0.236 e. The van der Waals surface area contributed by atoms with Gasteiger partial charge in [0.05, 0.1) is 4.32 Å². The highest BCUT2D eigenvalue weighted by atomic mass is 79.9. The van der Waals surface area contributed by atoms with Gasteiger partial charge in [-0.1, -0.05) is 34.1 Å². The van der Waals surface area contributed by atoms with E-state index in [1.807, 2.05) is 32.0 Å². The van der Waals surface area contributed by atoms with Crippen LogP contribution in [0.1, 0.15) is 20.3 Å². The Balaban J connectivity index is 2.25. The van der Waals surface area contributed by atoms with Gasteiger partial charge in [-0.05, 0) is 32.4 Å². The minimum absolute atomic E-state index is 0.0323. The summed E-state index contributed by atoms with van der Waals surface area (Å²) in [6, 6.07) is 10.2. The molecule has 0 radical (unpaired) electrons. The van der Waals surface area contributed by atoms with Crippen molar-refractivity contribution in [3.05, 3.63) is 30.3 Å². The summed E-state index contributed by atoms with van der Waals surface area (Å²) in [4.78, 5) is 13.8. The number of hydrogen-bond acceptors (Lipinski definition) is 2. The summed E-state index contributed by atoms with van der Waals surface area (Å²) in [5.41, 5.74) is 1.20. The molecule has 0 aromatic heterocycles. The Kier molecular flexibility index (Phi) is 5.66. The van der Waals surface area contributed by atoms with Crippen molar-refractivity contribution >= 4 is 27.5 Å². The van der Waals surface area contributed by atoms with Gasteiger partial charge in [0.15, 0.2) is 0 Å². The van der Waals surface area contributed by atoms with Gasteiger partial charge in [0, 0.05) is 25.8 Å². The summed E-state index contributed by atoms with van der Waals surface area (Å²) >= 11 is 3.34. The van der Waals surface area contributed by atoms with E-state index in [1.165, 1.54) is 5.69 Å². The number of rotatable bonds is 6. The van der Waals surface area contributed by atoms with Gasteiger partial charge in [0.1, 0.15) is 0 Å². The van der Waals surface area contributed by atoms with E-state index in [0.29, 0.717) is 6.54 Å². The van der Waals surface area contributed by atoms with Crippen molar-refractivity contribution in [3.63, 3.8) is 0 Å². The SMILES string of the molecule is CN(CCCNC(=O)C(C)(C)Br)c1ccccc1. The molecule has 0 unspecified atom stereocenters.